The minimum Gasteiger partial charge on any atom is -0.444 e. The average molecular weight is 512 g/mol. The SMILES string of the molecule is O=C(O[C@H]1CCOC1)N1CCC(CS(=O)(=O)N2CC=C(c3ccc(F)cc3)CC2)(C(=O)NO)CC1. The lowest BCUT2D eigenvalue weighted by Gasteiger charge is -2.40. The number of hydrogen-bond acceptors (Lipinski definition) is 7. The molecule has 0 aromatic heterocycles. The van der Waals surface area contributed by atoms with Crippen molar-refractivity contribution in [1.82, 2.24) is 14.7 Å². The van der Waals surface area contributed by atoms with Gasteiger partial charge in [-0.15, -0.1) is 0 Å². The molecule has 0 aliphatic carbocycles. The number of nitrogens with one attached hydrogen (secondary N) is 1. The molecule has 2 fully saturated rings. The first kappa shape index (κ1) is 25.5. The molecule has 10 nitrogen and oxygen atoms in total. The minimum absolute atomic E-state index is 0.0688. The highest BCUT2D eigenvalue weighted by molar-refractivity contribution is 7.89. The lowest BCUT2D eigenvalue weighted by molar-refractivity contribution is -0.141. The van der Waals surface area contributed by atoms with Crippen LogP contribution in [0.1, 0.15) is 31.2 Å². The highest BCUT2D eigenvalue weighted by Gasteiger charge is 2.47. The van der Waals surface area contributed by atoms with E-state index in [-0.39, 0.29) is 50.9 Å². The van der Waals surface area contributed by atoms with E-state index in [1.54, 1.807) is 23.7 Å². The predicted octanol–water partition coefficient (Wildman–Crippen LogP) is 1.76. The fourth-order valence-corrected chi connectivity index (χ4v) is 6.74. The molecule has 2 N–H and O–H groups in total. The molecular weight excluding hydrogens is 481 g/mol. The van der Waals surface area contributed by atoms with Crippen LogP contribution in [0.15, 0.2) is 30.3 Å². The van der Waals surface area contributed by atoms with Crippen LogP contribution < -0.4 is 5.48 Å². The number of nitrogens with zero attached hydrogens (tertiary/aromatic N) is 2. The first-order chi connectivity index (χ1) is 16.7. The molecule has 1 aromatic rings. The van der Waals surface area contributed by atoms with Crippen LogP contribution in [0.5, 0.6) is 0 Å². The average Bonchev–Trinajstić information content (AvgIpc) is 3.37. The summed E-state index contributed by atoms with van der Waals surface area (Å²) in [5.41, 5.74) is 2.01. The second-order valence-electron chi connectivity index (χ2n) is 9.18. The Bertz CT molecular complexity index is 1060. The minimum atomic E-state index is -3.86. The third-order valence-electron chi connectivity index (χ3n) is 6.96. The number of benzene rings is 1. The lowest BCUT2D eigenvalue weighted by atomic mass is 9.79. The summed E-state index contributed by atoms with van der Waals surface area (Å²) in [5, 5.41) is 9.34. The maximum Gasteiger partial charge on any atom is 0.410 e. The summed E-state index contributed by atoms with van der Waals surface area (Å²) >= 11 is 0. The predicted molar refractivity (Wildman–Crippen MR) is 123 cm³/mol. The van der Waals surface area contributed by atoms with E-state index in [0.29, 0.717) is 26.1 Å². The molecule has 2 amide bonds. The number of amides is 2. The molecule has 0 saturated carbocycles. The summed E-state index contributed by atoms with van der Waals surface area (Å²) in [5.74, 6) is -1.60. The molecule has 4 rings (SSSR count). The number of sulfonamides is 1. The zero-order valence-electron chi connectivity index (χ0n) is 19.3. The Morgan fingerprint density at radius 1 is 1.20 bits per heavy atom. The fourth-order valence-electron chi connectivity index (χ4n) is 4.77. The number of carbonyl (C=O) groups is 2. The van der Waals surface area contributed by atoms with E-state index >= 15 is 0 Å². The zero-order valence-corrected chi connectivity index (χ0v) is 20.1. The number of ether oxygens (including phenoxy) is 2. The molecule has 3 aliphatic rings. The van der Waals surface area contributed by atoms with Crippen molar-refractivity contribution in [3.8, 4) is 0 Å². The van der Waals surface area contributed by atoms with Crippen molar-refractivity contribution in [2.75, 3.05) is 45.1 Å². The molecule has 3 heterocycles. The Balaban J connectivity index is 1.40. The van der Waals surface area contributed by atoms with Crippen LogP contribution in [0.2, 0.25) is 0 Å². The molecule has 35 heavy (non-hydrogen) atoms. The van der Waals surface area contributed by atoms with Gasteiger partial charge in [0.15, 0.2) is 0 Å². The van der Waals surface area contributed by atoms with E-state index < -0.39 is 33.2 Å². The monoisotopic (exact) mass is 511 g/mol. The van der Waals surface area contributed by atoms with Gasteiger partial charge in [0, 0.05) is 32.6 Å². The normalized spacial score (nSPS) is 23.0. The van der Waals surface area contributed by atoms with E-state index in [4.69, 9.17) is 9.47 Å². The second kappa shape index (κ2) is 10.6. The van der Waals surface area contributed by atoms with Crippen LogP contribution in [0.25, 0.3) is 5.57 Å². The fraction of sp³-hybridized carbons (Fsp3) is 0.565. The van der Waals surface area contributed by atoms with E-state index in [9.17, 15) is 27.6 Å². The third kappa shape index (κ3) is 5.83. The molecule has 3 aliphatic heterocycles. The molecule has 1 aromatic carbocycles. The van der Waals surface area contributed by atoms with Crippen LogP contribution in [0.4, 0.5) is 9.18 Å². The number of piperidine rings is 1. The maximum atomic E-state index is 13.3. The van der Waals surface area contributed by atoms with Gasteiger partial charge in [0.25, 0.3) is 5.91 Å². The van der Waals surface area contributed by atoms with Crippen molar-refractivity contribution in [1.29, 1.82) is 0 Å². The number of likely N-dealkylation sites (tertiary alicyclic amines) is 1. The van der Waals surface area contributed by atoms with Crippen molar-refractivity contribution in [3.05, 3.63) is 41.7 Å². The van der Waals surface area contributed by atoms with Gasteiger partial charge >= 0.3 is 6.09 Å². The third-order valence-corrected chi connectivity index (χ3v) is 8.99. The summed E-state index contributed by atoms with van der Waals surface area (Å²) in [7, 11) is -3.86. The number of hydrogen-bond donors (Lipinski definition) is 2. The summed E-state index contributed by atoms with van der Waals surface area (Å²) in [6.45, 7) is 1.50. The molecule has 0 radical (unpaired) electrons. The van der Waals surface area contributed by atoms with E-state index in [0.717, 1.165) is 11.1 Å². The molecule has 2 saturated heterocycles. The molecule has 12 heteroatoms. The van der Waals surface area contributed by atoms with Gasteiger partial charge in [-0.2, -0.15) is 4.31 Å². The van der Waals surface area contributed by atoms with Gasteiger partial charge in [0.2, 0.25) is 10.0 Å². The molecular formula is C23H30FN3O7S. The van der Waals surface area contributed by atoms with Crippen LogP contribution in [-0.4, -0.2) is 86.1 Å². The number of halogens is 1. The Morgan fingerprint density at radius 3 is 2.49 bits per heavy atom. The standard InChI is InChI=1S/C23H30FN3O7S/c24-19-3-1-17(2-4-19)18-5-10-27(11-6-18)35(31,32)16-23(21(28)25-30)8-12-26(13-9-23)22(29)34-20-7-14-33-15-20/h1-5,20,30H,6-16H2,(H,25,28)/t20-/m0/s1. The number of rotatable bonds is 6. The van der Waals surface area contributed by atoms with Gasteiger partial charge < -0.3 is 14.4 Å². The summed E-state index contributed by atoms with van der Waals surface area (Å²) in [6, 6.07) is 6.04. The van der Waals surface area contributed by atoms with Crippen molar-refractivity contribution in [2.24, 2.45) is 5.41 Å². The first-order valence-corrected chi connectivity index (χ1v) is 13.2. The molecule has 0 spiro atoms. The van der Waals surface area contributed by atoms with Crippen LogP contribution in [-0.2, 0) is 24.3 Å². The molecule has 0 unspecified atom stereocenters. The van der Waals surface area contributed by atoms with Crippen molar-refractivity contribution in [3.63, 3.8) is 0 Å². The van der Waals surface area contributed by atoms with Gasteiger partial charge in [-0.1, -0.05) is 18.2 Å². The Kier molecular flexibility index (Phi) is 7.74. The largest absolute Gasteiger partial charge is 0.444 e. The van der Waals surface area contributed by atoms with Gasteiger partial charge in [0.1, 0.15) is 11.9 Å². The van der Waals surface area contributed by atoms with Gasteiger partial charge in [-0.3, -0.25) is 10.0 Å². The Hall–Kier alpha value is -2.54. The van der Waals surface area contributed by atoms with Crippen molar-refractivity contribution in [2.45, 2.75) is 31.8 Å². The van der Waals surface area contributed by atoms with E-state index in [2.05, 4.69) is 0 Å². The van der Waals surface area contributed by atoms with Crippen LogP contribution in [0, 0.1) is 11.2 Å². The zero-order chi connectivity index (χ0) is 25.1. The molecule has 0 bridgehead atoms. The van der Waals surface area contributed by atoms with Crippen LogP contribution >= 0.6 is 0 Å². The first-order valence-electron chi connectivity index (χ1n) is 11.6. The molecule has 192 valence electrons. The smallest absolute Gasteiger partial charge is 0.410 e. The summed E-state index contributed by atoms with van der Waals surface area (Å²) in [6.07, 6.45) is 2.19. The highest BCUT2D eigenvalue weighted by Crippen LogP contribution is 2.35. The lowest BCUT2D eigenvalue weighted by Crippen LogP contribution is -2.54. The summed E-state index contributed by atoms with van der Waals surface area (Å²) < 4.78 is 51.7. The number of carbonyl (C=O) groups excluding carboxylic acids is 2. The van der Waals surface area contributed by atoms with E-state index in [1.807, 2.05) is 0 Å². The maximum absolute atomic E-state index is 13.3. The van der Waals surface area contributed by atoms with Crippen molar-refractivity contribution < 1.29 is 37.1 Å². The highest BCUT2D eigenvalue weighted by atomic mass is 32.2. The quantitative estimate of drug-likeness (QED) is 0.440. The van der Waals surface area contributed by atoms with Gasteiger partial charge in [-0.05, 0) is 42.5 Å². The Morgan fingerprint density at radius 2 is 1.91 bits per heavy atom. The summed E-state index contributed by atoms with van der Waals surface area (Å²) in [4.78, 5) is 26.5. The molecule has 1 atom stereocenters. The van der Waals surface area contributed by atoms with E-state index in [1.165, 1.54) is 21.3 Å². The topological polar surface area (TPSA) is 125 Å². The van der Waals surface area contributed by atoms with Crippen molar-refractivity contribution >= 4 is 27.6 Å². The number of hydroxylamine groups is 1. The van der Waals surface area contributed by atoms with Crippen LogP contribution in [0.3, 0.4) is 0 Å². The second-order valence-corrected chi connectivity index (χ2v) is 11.1. The van der Waals surface area contributed by atoms with Gasteiger partial charge in [-0.25, -0.2) is 23.1 Å². The van der Waals surface area contributed by atoms with Gasteiger partial charge in [0.05, 0.1) is 24.4 Å². The Labute approximate surface area is 203 Å².